The number of nitrogens with one attached hydrogen (secondary N) is 1. The summed E-state index contributed by atoms with van der Waals surface area (Å²) in [5.41, 5.74) is 3.02. The van der Waals surface area contributed by atoms with E-state index >= 15 is 0 Å². The van der Waals surface area contributed by atoms with Gasteiger partial charge in [-0.25, -0.2) is 4.39 Å². The Hall–Kier alpha value is -2.73. The van der Waals surface area contributed by atoms with Crippen molar-refractivity contribution in [1.29, 1.82) is 0 Å². The minimum Gasteiger partial charge on any atom is -0.400 e. The highest BCUT2D eigenvalue weighted by Gasteiger charge is 2.19. The topological polar surface area (TPSA) is 68.0 Å². The molecule has 0 bridgehead atoms. The van der Waals surface area contributed by atoms with Crippen LogP contribution in [0.15, 0.2) is 40.8 Å². The van der Waals surface area contributed by atoms with E-state index in [-0.39, 0.29) is 22.5 Å². The summed E-state index contributed by atoms with van der Waals surface area (Å²) >= 11 is 5.69. The van der Waals surface area contributed by atoms with Gasteiger partial charge < -0.3 is 9.73 Å². The van der Waals surface area contributed by atoms with Gasteiger partial charge in [0, 0.05) is 11.3 Å². The highest BCUT2D eigenvalue weighted by molar-refractivity contribution is 6.31. The molecule has 0 unspecified atom stereocenters. The molecule has 5 nitrogen and oxygen atoms in total. The number of halogens is 2. The number of hydrogen-bond acceptors (Lipinski definition) is 5. The van der Waals surface area contributed by atoms with Crippen molar-refractivity contribution >= 4 is 29.1 Å². The summed E-state index contributed by atoms with van der Waals surface area (Å²) in [5.74, 6) is -1.33. The van der Waals surface area contributed by atoms with E-state index in [2.05, 4.69) is 15.5 Å². The molecule has 122 valence electrons. The number of benzene rings is 2. The normalized spacial score (nSPS) is 10.7. The second kappa shape index (κ2) is 6.41. The summed E-state index contributed by atoms with van der Waals surface area (Å²) < 4.78 is 18.5. The van der Waals surface area contributed by atoms with Crippen LogP contribution in [0.3, 0.4) is 0 Å². The molecule has 0 amide bonds. The van der Waals surface area contributed by atoms with Gasteiger partial charge in [0.1, 0.15) is 5.82 Å². The Kier molecular flexibility index (Phi) is 4.31. The lowest BCUT2D eigenvalue weighted by Gasteiger charge is -2.08. The van der Waals surface area contributed by atoms with Gasteiger partial charge in [-0.05, 0) is 43.2 Å². The lowest BCUT2D eigenvalue weighted by molar-refractivity contribution is 0.100. The Morgan fingerprint density at radius 1 is 1.17 bits per heavy atom. The van der Waals surface area contributed by atoms with E-state index in [1.165, 1.54) is 12.1 Å². The Morgan fingerprint density at radius 2 is 1.88 bits per heavy atom. The minimum absolute atomic E-state index is 0.101. The fraction of sp³-hybridized carbons (Fsp3) is 0.118. The standard InChI is InChI=1S/C17H13ClFN3O2/c1-9-4-3-5-10(2)14(9)20-17-22-21-16(24-17)15(23)11-6-7-13(19)12(18)8-11/h3-8H,1-2H3,(H,20,22). The highest BCUT2D eigenvalue weighted by Crippen LogP contribution is 2.24. The second-order valence-electron chi connectivity index (χ2n) is 5.26. The van der Waals surface area contributed by atoms with Crippen LogP contribution in [-0.2, 0) is 0 Å². The predicted molar refractivity (Wildman–Crippen MR) is 88.3 cm³/mol. The van der Waals surface area contributed by atoms with Crippen molar-refractivity contribution in [3.8, 4) is 0 Å². The molecule has 0 radical (unpaired) electrons. The Balaban J connectivity index is 1.85. The molecule has 3 aromatic rings. The first kappa shape index (κ1) is 16.1. The number of para-hydroxylation sites is 1. The van der Waals surface area contributed by atoms with Crippen LogP contribution >= 0.6 is 11.6 Å². The zero-order chi connectivity index (χ0) is 17.3. The van der Waals surface area contributed by atoms with Crippen LogP contribution in [0.5, 0.6) is 0 Å². The number of aromatic nitrogens is 2. The third-order valence-electron chi connectivity index (χ3n) is 3.51. The van der Waals surface area contributed by atoms with Crippen LogP contribution in [0, 0.1) is 19.7 Å². The van der Waals surface area contributed by atoms with E-state index in [0.717, 1.165) is 22.9 Å². The number of anilines is 2. The molecule has 1 heterocycles. The number of carbonyl (C=O) groups excluding carboxylic acids is 1. The molecule has 3 rings (SSSR count). The molecular weight excluding hydrogens is 333 g/mol. The van der Waals surface area contributed by atoms with E-state index in [9.17, 15) is 9.18 Å². The average Bonchev–Trinajstić information content (AvgIpc) is 3.02. The summed E-state index contributed by atoms with van der Waals surface area (Å²) in [7, 11) is 0. The molecule has 0 saturated heterocycles. The van der Waals surface area contributed by atoms with Crippen LogP contribution in [0.25, 0.3) is 0 Å². The summed E-state index contributed by atoms with van der Waals surface area (Å²) in [6.07, 6.45) is 0. The molecule has 0 spiro atoms. The van der Waals surface area contributed by atoms with Crippen LogP contribution in [0.2, 0.25) is 5.02 Å². The molecule has 1 aromatic heterocycles. The molecule has 7 heteroatoms. The molecule has 2 aromatic carbocycles. The molecule has 0 aliphatic carbocycles. The van der Waals surface area contributed by atoms with Gasteiger partial charge in [-0.15, -0.1) is 5.10 Å². The van der Waals surface area contributed by atoms with E-state index in [1.54, 1.807) is 0 Å². The molecule has 24 heavy (non-hydrogen) atoms. The van der Waals surface area contributed by atoms with Gasteiger partial charge in [0.15, 0.2) is 0 Å². The maximum atomic E-state index is 13.2. The smallest absolute Gasteiger partial charge is 0.320 e. The van der Waals surface area contributed by atoms with Crippen molar-refractivity contribution in [1.82, 2.24) is 10.2 Å². The van der Waals surface area contributed by atoms with Gasteiger partial charge in [-0.1, -0.05) is 34.9 Å². The molecule has 0 aliphatic rings. The first-order valence-electron chi connectivity index (χ1n) is 7.12. The van der Waals surface area contributed by atoms with Crippen molar-refractivity contribution in [2.24, 2.45) is 0 Å². The maximum absolute atomic E-state index is 13.2. The van der Waals surface area contributed by atoms with Crippen molar-refractivity contribution in [2.45, 2.75) is 13.8 Å². The summed E-state index contributed by atoms with van der Waals surface area (Å²) in [4.78, 5) is 12.3. The summed E-state index contributed by atoms with van der Waals surface area (Å²) in [5, 5.41) is 10.4. The number of carbonyl (C=O) groups is 1. The molecule has 0 aliphatic heterocycles. The zero-order valence-electron chi connectivity index (χ0n) is 12.9. The van der Waals surface area contributed by atoms with E-state index < -0.39 is 11.6 Å². The van der Waals surface area contributed by atoms with Crippen molar-refractivity contribution in [3.05, 3.63) is 69.8 Å². The van der Waals surface area contributed by atoms with Crippen molar-refractivity contribution < 1.29 is 13.6 Å². The number of nitrogens with zero attached hydrogens (tertiary/aromatic N) is 2. The van der Waals surface area contributed by atoms with Gasteiger partial charge in [-0.3, -0.25) is 4.79 Å². The number of aryl methyl sites for hydroxylation is 2. The Labute approximate surface area is 142 Å². The molecule has 0 atom stereocenters. The minimum atomic E-state index is -0.601. The lowest BCUT2D eigenvalue weighted by Crippen LogP contribution is -2.02. The van der Waals surface area contributed by atoms with Gasteiger partial charge in [0.25, 0.3) is 5.89 Å². The lowest BCUT2D eigenvalue weighted by atomic mass is 10.1. The van der Waals surface area contributed by atoms with E-state index in [0.29, 0.717) is 0 Å². The van der Waals surface area contributed by atoms with E-state index in [4.69, 9.17) is 16.0 Å². The van der Waals surface area contributed by atoms with Crippen molar-refractivity contribution in [2.75, 3.05) is 5.32 Å². The molecule has 0 saturated carbocycles. The second-order valence-corrected chi connectivity index (χ2v) is 5.67. The van der Waals surface area contributed by atoms with E-state index in [1.807, 2.05) is 32.0 Å². The van der Waals surface area contributed by atoms with Crippen LogP contribution in [0.4, 0.5) is 16.1 Å². The fourth-order valence-corrected chi connectivity index (χ4v) is 2.43. The van der Waals surface area contributed by atoms with Gasteiger partial charge in [0.05, 0.1) is 5.02 Å². The highest BCUT2D eigenvalue weighted by atomic mass is 35.5. The van der Waals surface area contributed by atoms with Crippen LogP contribution in [-0.4, -0.2) is 16.0 Å². The van der Waals surface area contributed by atoms with Crippen LogP contribution < -0.4 is 5.32 Å². The number of hydrogen-bond donors (Lipinski definition) is 1. The SMILES string of the molecule is Cc1cccc(C)c1Nc1nnc(C(=O)c2ccc(F)c(Cl)c2)o1. The number of ketones is 1. The summed E-state index contributed by atoms with van der Waals surface area (Å²) in [6, 6.07) is 9.58. The van der Waals surface area contributed by atoms with Gasteiger partial charge in [0.2, 0.25) is 5.78 Å². The first-order chi connectivity index (χ1) is 11.5. The molecular formula is C17H13ClFN3O2. The molecule has 0 fully saturated rings. The maximum Gasteiger partial charge on any atom is 0.320 e. The zero-order valence-corrected chi connectivity index (χ0v) is 13.7. The van der Waals surface area contributed by atoms with Crippen LogP contribution in [0.1, 0.15) is 27.4 Å². The first-order valence-corrected chi connectivity index (χ1v) is 7.50. The van der Waals surface area contributed by atoms with Gasteiger partial charge >= 0.3 is 6.01 Å². The molecule has 1 N–H and O–H groups in total. The average molecular weight is 346 g/mol. The monoisotopic (exact) mass is 345 g/mol. The number of rotatable bonds is 4. The van der Waals surface area contributed by atoms with Gasteiger partial charge in [-0.2, -0.15) is 0 Å². The summed E-state index contributed by atoms with van der Waals surface area (Å²) in [6.45, 7) is 3.89. The quantitative estimate of drug-likeness (QED) is 0.707. The fourth-order valence-electron chi connectivity index (χ4n) is 2.24. The Morgan fingerprint density at radius 3 is 2.54 bits per heavy atom. The third-order valence-corrected chi connectivity index (χ3v) is 3.80. The predicted octanol–water partition coefficient (Wildman–Crippen LogP) is 4.45. The third kappa shape index (κ3) is 3.14. The largest absolute Gasteiger partial charge is 0.400 e. The van der Waals surface area contributed by atoms with Crippen molar-refractivity contribution in [3.63, 3.8) is 0 Å². The Bertz CT molecular complexity index is 904.